The Balaban J connectivity index is 1.69. The van der Waals surface area contributed by atoms with Gasteiger partial charge in [-0.1, -0.05) is 12.1 Å². The first-order chi connectivity index (χ1) is 13.0. The van der Waals surface area contributed by atoms with Crippen molar-refractivity contribution in [1.29, 1.82) is 0 Å². The van der Waals surface area contributed by atoms with Crippen molar-refractivity contribution in [3.05, 3.63) is 52.1 Å². The fourth-order valence-corrected chi connectivity index (χ4v) is 3.33. The van der Waals surface area contributed by atoms with Crippen LogP contribution in [0, 0.1) is 10.1 Å². The van der Waals surface area contributed by atoms with Gasteiger partial charge in [0.15, 0.2) is 5.75 Å². The number of hydrogen-bond acceptors (Lipinski definition) is 7. The van der Waals surface area contributed by atoms with Gasteiger partial charge >= 0.3 is 5.69 Å². The van der Waals surface area contributed by atoms with E-state index in [0.29, 0.717) is 6.54 Å². The fraction of sp³-hybridized carbons (Fsp3) is 0.368. The van der Waals surface area contributed by atoms with E-state index in [4.69, 9.17) is 9.47 Å². The van der Waals surface area contributed by atoms with Crippen molar-refractivity contribution in [3.8, 4) is 17.2 Å². The molecule has 0 spiro atoms. The number of nitrogens with zero attached hydrogens (tertiary/aromatic N) is 3. The minimum Gasteiger partial charge on any atom is -0.500 e. The predicted molar refractivity (Wildman–Crippen MR) is 102 cm³/mol. The van der Waals surface area contributed by atoms with Crippen LogP contribution < -0.4 is 14.4 Å². The van der Waals surface area contributed by atoms with Crippen LogP contribution in [0.1, 0.15) is 5.56 Å². The van der Waals surface area contributed by atoms with Gasteiger partial charge in [-0.2, -0.15) is 0 Å². The molecular formula is C19H23N3O5. The van der Waals surface area contributed by atoms with E-state index in [2.05, 4.69) is 9.80 Å². The molecule has 1 aliphatic heterocycles. The third kappa shape index (κ3) is 4.06. The Kier molecular flexibility index (Phi) is 5.66. The highest BCUT2D eigenvalue weighted by atomic mass is 16.6. The molecule has 0 unspecified atom stereocenters. The molecule has 8 nitrogen and oxygen atoms in total. The summed E-state index contributed by atoms with van der Waals surface area (Å²) in [4.78, 5) is 15.1. The Labute approximate surface area is 157 Å². The third-order valence-electron chi connectivity index (χ3n) is 4.74. The maximum absolute atomic E-state index is 11.2. The number of para-hydroxylation sites is 2. The number of rotatable bonds is 6. The van der Waals surface area contributed by atoms with Crippen LogP contribution in [0.4, 0.5) is 11.4 Å². The smallest absolute Gasteiger partial charge is 0.314 e. The van der Waals surface area contributed by atoms with E-state index in [-0.39, 0.29) is 11.4 Å². The van der Waals surface area contributed by atoms with Crippen molar-refractivity contribution < 1.29 is 19.5 Å². The number of aromatic hydroxyl groups is 1. The minimum atomic E-state index is -0.596. The van der Waals surface area contributed by atoms with Gasteiger partial charge in [-0.15, -0.1) is 0 Å². The Hall–Kier alpha value is -3.00. The summed E-state index contributed by atoms with van der Waals surface area (Å²) in [6, 6.07) is 11.0. The molecule has 0 aliphatic carbocycles. The minimum absolute atomic E-state index is 0.117. The summed E-state index contributed by atoms with van der Waals surface area (Å²) in [6.07, 6.45) is 0. The van der Waals surface area contributed by atoms with Gasteiger partial charge in [0.05, 0.1) is 24.8 Å². The Bertz CT molecular complexity index is 819. The van der Waals surface area contributed by atoms with Gasteiger partial charge in [0.2, 0.25) is 5.75 Å². The number of phenolic OH excluding ortho intramolecular Hbond substituents is 1. The lowest BCUT2D eigenvalue weighted by molar-refractivity contribution is -0.386. The van der Waals surface area contributed by atoms with E-state index in [1.807, 2.05) is 24.3 Å². The van der Waals surface area contributed by atoms with Gasteiger partial charge in [-0.25, -0.2) is 0 Å². The molecule has 2 aromatic rings. The summed E-state index contributed by atoms with van der Waals surface area (Å²) in [7, 11) is 3.05. The molecule has 0 bridgehead atoms. The first-order valence-electron chi connectivity index (χ1n) is 8.68. The molecule has 3 rings (SSSR count). The van der Waals surface area contributed by atoms with Crippen LogP contribution in [-0.2, 0) is 6.54 Å². The fourth-order valence-electron chi connectivity index (χ4n) is 3.33. The molecule has 1 heterocycles. The first kappa shape index (κ1) is 18.8. The van der Waals surface area contributed by atoms with Crippen molar-refractivity contribution in [2.75, 3.05) is 45.3 Å². The molecule has 1 fully saturated rings. The summed E-state index contributed by atoms with van der Waals surface area (Å²) in [5.74, 6) is 0.531. The lowest BCUT2D eigenvalue weighted by Gasteiger charge is -2.36. The summed E-state index contributed by atoms with van der Waals surface area (Å²) < 4.78 is 10.5. The molecule has 1 aliphatic rings. The number of nitro benzene ring substituents is 1. The predicted octanol–water partition coefficient (Wildman–Crippen LogP) is 2.64. The van der Waals surface area contributed by atoms with Crippen LogP contribution in [0.2, 0.25) is 0 Å². The normalized spacial score (nSPS) is 14.8. The number of hydrogen-bond donors (Lipinski definition) is 1. The van der Waals surface area contributed by atoms with Gasteiger partial charge < -0.3 is 19.5 Å². The maximum Gasteiger partial charge on any atom is 0.314 e. The van der Waals surface area contributed by atoms with E-state index >= 15 is 0 Å². The largest absolute Gasteiger partial charge is 0.500 e. The van der Waals surface area contributed by atoms with E-state index in [9.17, 15) is 15.2 Å². The zero-order chi connectivity index (χ0) is 19.4. The molecule has 27 heavy (non-hydrogen) atoms. The number of nitro groups is 1. The zero-order valence-electron chi connectivity index (χ0n) is 15.4. The molecule has 0 radical (unpaired) electrons. The van der Waals surface area contributed by atoms with Crippen LogP contribution >= 0.6 is 0 Å². The molecule has 0 amide bonds. The van der Waals surface area contributed by atoms with Crippen molar-refractivity contribution in [2.45, 2.75) is 6.54 Å². The molecule has 8 heteroatoms. The number of ether oxygens (including phenoxy) is 2. The van der Waals surface area contributed by atoms with Gasteiger partial charge in [-0.3, -0.25) is 15.0 Å². The van der Waals surface area contributed by atoms with E-state index in [0.717, 1.165) is 43.2 Å². The monoisotopic (exact) mass is 373 g/mol. The number of phenols is 1. The second-order valence-electron chi connectivity index (χ2n) is 6.36. The highest BCUT2D eigenvalue weighted by Crippen LogP contribution is 2.37. The Morgan fingerprint density at radius 3 is 2.37 bits per heavy atom. The molecule has 144 valence electrons. The average molecular weight is 373 g/mol. The lowest BCUT2D eigenvalue weighted by atomic mass is 10.1. The Morgan fingerprint density at radius 1 is 1.07 bits per heavy atom. The molecule has 2 aromatic carbocycles. The van der Waals surface area contributed by atoms with Crippen molar-refractivity contribution in [3.63, 3.8) is 0 Å². The quantitative estimate of drug-likeness (QED) is 0.615. The van der Waals surface area contributed by atoms with Crippen LogP contribution in [-0.4, -0.2) is 55.3 Å². The molecule has 0 aromatic heterocycles. The molecule has 0 saturated carbocycles. The number of piperazine rings is 1. The topological polar surface area (TPSA) is 88.3 Å². The van der Waals surface area contributed by atoms with Crippen molar-refractivity contribution >= 4 is 11.4 Å². The highest BCUT2D eigenvalue weighted by molar-refractivity contribution is 5.59. The van der Waals surface area contributed by atoms with Gasteiger partial charge in [0.1, 0.15) is 5.75 Å². The summed E-state index contributed by atoms with van der Waals surface area (Å²) in [6.45, 7) is 3.84. The van der Waals surface area contributed by atoms with Crippen molar-refractivity contribution in [1.82, 2.24) is 4.90 Å². The summed E-state index contributed by atoms with van der Waals surface area (Å²) in [5.41, 5.74) is 1.47. The van der Waals surface area contributed by atoms with Crippen LogP contribution in [0.15, 0.2) is 36.4 Å². The number of benzene rings is 2. The van der Waals surface area contributed by atoms with Crippen LogP contribution in [0.3, 0.4) is 0 Å². The third-order valence-corrected chi connectivity index (χ3v) is 4.74. The lowest BCUT2D eigenvalue weighted by Crippen LogP contribution is -2.46. The molecule has 0 atom stereocenters. The van der Waals surface area contributed by atoms with Gasteiger partial charge in [-0.05, 0) is 23.8 Å². The number of anilines is 1. The maximum atomic E-state index is 11.2. The molecule has 1 N–H and O–H groups in total. The average Bonchev–Trinajstić information content (AvgIpc) is 2.69. The Morgan fingerprint density at radius 2 is 1.74 bits per heavy atom. The second kappa shape index (κ2) is 8.13. The molecule has 1 saturated heterocycles. The van der Waals surface area contributed by atoms with E-state index in [1.165, 1.54) is 13.2 Å². The SMILES string of the molecule is COc1ccccc1N1CCN(Cc2cc(OC)c(O)c([N+](=O)[O-])c2)CC1. The van der Waals surface area contributed by atoms with Gasteiger partial charge in [0, 0.05) is 38.8 Å². The van der Waals surface area contributed by atoms with E-state index in [1.54, 1.807) is 13.2 Å². The summed E-state index contributed by atoms with van der Waals surface area (Å²) >= 11 is 0. The zero-order valence-corrected chi connectivity index (χ0v) is 15.4. The first-order valence-corrected chi connectivity index (χ1v) is 8.68. The van der Waals surface area contributed by atoms with Crippen LogP contribution in [0.25, 0.3) is 0 Å². The van der Waals surface area contributed by atoms with Crippen molar-refractivity contribution in [2.24, 2.45) is 0 Å². The van der Waals surface area contributed by atoms with E-state index < -0.39 is 10.7 Å². The number of methoxy groups -OCH3 is 2. The van der Waals surface area contributed by atoms with Crippen LogP contribution in [0.5, 0.6) is 17.2 Å². The highest BCUT2D eigenvalue weighted by Gasteiger charge is 2.23. The van der Waals surface area contributed by atoms with Gasteiger partial charge in [0.25, 0.3) is 0 Å². The summed E-state index contributed by atoms with van der Waals surface area (Å²) in [5, 5.41) is 21.1. The standard InChI is InChI=1S/C19H23N3O5/c1-26-17-6-4-3-5-15(17)21-9-7-20(8-10-21)13-14-11-16(22(24)25)19(23)18(12-14)27-2/h3-6,11-12,23H,7-10,13H2,1-2H3. The molecular weight excluding hydrogens is 350 g/mol. The second-order valence-corrected chi connectivity index (χ2v) is 6.36.